The lowest BCUT2D eigenvalue weighted by Crippen LogP contribution is -2.30. The van der Waals surface area contributed by atoms with Crippen molar-refractivity contribution >= 4 is 23.2 Å². The van der Waals surface area contributed by atoms with Crippen LogP contribution in [0.5, 0.6) is 0 Å². The average molecular weight is 332 g/mol. The number of hydrogen-bond acceptors (Lipinski definition) is 6. The van der Waals surface area contributed by atoms with Gasteiger partial charge in [0, 0.05) is 18.8 Å². The van der Waals surface area contributed by atoms with Crippen LogP contribution in [0.15, 0.2) is 24.5 Å². The zero-order chi connectivity index (χ0) is 17.7. The topological polar surface area (TPSA) is 105 Å². The number of carbonyl (C=O) groups excluding carboxylic acids is 1. The van der Waals surface area contributed by atoms with Crippen molar-refractivity contribution in [3.8, 4) is 0 Å². The second-order valence-electron chi connectivity index (χ2n) is 5.53. The van der Waals surface area contributed by atoms with E-state index in [0.29, 0.717) is 12.2 Å². The molecule has 0 radical (unpaired) electrons. The summed E-state index contributed by atoms with van der Waals surface area (Å²) in [5, 5.41) is 8.91. The minimum Gasteiger partial charge on any atom is -0.366 e. The summed E-state index contributed by atoms with van der Waals surface area (Å²) < 4.78 is 14.2. The van der Waals surface area contributed by atoms with Gasteiger partial charge < -0.3 is 21.7 Å². The number of nitrogens with one attached hydrogen (secondary N) is 3. The van der Waals surface area contributed by atoms with Gasteiger partial charge in [-0.05, 0) is 38.6 Å². The Morgan fingerprint density at radius 3 is 2.71 bits per heavy atom. The van der Waals surface area contributed by atoms with Crippen molar-refractivity contribution in [2.45, 2.75) is 19.9 Å². The van der Waals surface area contributed by atoms with Gasteiger partial charge in [-0.1, -0.05) is 0 Å². The predicted molar refractivity (Wildman–Crippen MR) is 92.0 cm³/mol. The van der Waals surface area contributed by atoms with E-state index in [4.69, 9.17) is 5.73 Å². The first-order valence-electron chi connectivity index (χ1n) is 7.51. The Hall–Kier alpha value is -2.74. The number of hydrogen-bond donors (Lipinski definition) is 4. The van der Waals surface area contributed by atoms with Crippen LogP contribution < -0.4 is 21.7 Å². The van der Waals surface area contributed by atoms with Gasteiger partial charge in [-0.15, -0.1) is 0 Å². The van der Waals surface area contributed by atoms with Crippen molar-refractivity contribution in [2.24, 2.45) is 5.73 Å². The summed E-state index contributed by atoms with van der Waals surface area (Å²) in [6, 6.07) is 3.03. The highest BCUT2D eigenvalue weighted by Gasteiger charge is 2.16. The Labute approximate surface area is 139 Å². The molecule has 1 amide bonds. The normalized spacial score (nSPS) is 11.8. The van der Waals surface area contributed by atoms with Crippen molar-refractivity contribution in [3.63, 3.8) is 0 Å². The molecule has 0 saturated heterocycles. The number of aryl methyl sites for hydroxylation is 1. The predicted octanol–water partition coefficient (Wildman–Crippen LogP) is 1.79. The molecule has 2 heterocycles. The van der Waals surface area contributed by atoms with Crippen LogP contribution in [0.25, 0.3) is 0 Å². The second-order valence-corrected chi connectivity index (χ2v) is 5.53. The standard InChI is InChI=1S/C16H21FN6O/c1-9-4-11(8-20-6-9)22-15-12(14(18)24)5-13(17)16(23-15)21-7-10(2)19-3/h4-6,8,10,19H,7H2,1-3H3,(H2,18,24)(H2,21,22,23). The highest BCUT2D eigenvalue weighted by molar-refractivity contribution is 5.98. The van der Waals surface area contributed by atoms with Crippen LogP contribution in [-0.4, -0.2) is 35.5 Å². The molecule has 0 saturated carbocycles. The van der Waals surface area contributed by atoms with Crippen molar-refractivity contribution in [2.75, 3.05) is 24.2 Å². The van der Waals surface area contributed by atoms with Crippen LogP contribution in [0.1, 0.15) is 22.8 Å². The van der Waals surface area contributed by atoms with Gasteiger partial charge in [-0.25, -0.2) is 9.37 Å². The fourth-order valence-electron chi connectivity index (χ4n) is 2.01. The molecular weight excluding hydrogens is 311 g/mol. The summed E-state index contributed by atoms with van der Waals surface area (Å²) in [4.78, 5) is 19.8. The maximum atomic E-state index is 14.2. The third-order valence-corrected chi connectivity index (χ3v) is 3.45. The molecule has 128 valence electrons. The maximum Gasteiger partial charge on any atom is 0.252 e. The number of amides is 1. The Balaban J connectivity index is 2.34. The monoisotopic (exact) mass is 332 g/mol. The molecule has 0 bridgehead atoms. The number of aromatic nitrogens is 2. The van der Waals surface area contributed by atoms with E-state index in [9.17, 15) is 9.18 Å². The molecule has 2 aromatic heterocycles. The lowest BCUT2D eigenvalue weighted by atomic mass is 10.2. The van der Waals surface area contributed by atoms with E-state index in [1.165, 1.54) is 0 Å². The minimum atomic E-state index is -0.764. The molecule has 1 unspecified atom stereocenters. The molecule has 0 fully saturated rings. The number of nitrogens with two attached hydrogens (primary N) is 1. The van der Waals surface area contributed by atoms with Crippen molar-refractivity contribution in [3.05, 3.63) is 41.5 Å². The Kier molecular flexibility index (Phi) is 5.64. The van der Waals surface area contributed by atoms with E-state index in [2.05, 4.69) is 25.9 Å². The van der Waals surface area contributed by atoms with Crippen LogP contribution in [0, 0.1) is 12.7 Å². The zero-order valence-corrected chi connectivity index (χ0v) is 13.9. The van der Waals surface area contributed by atoms with Crippen molar-refractivity contribution in [1.29, 1.82) is 0 Å². The lowest BCUT2D eigenvalue weighted by molar-refractivity contribution is 0.100. The third-order valence-electron chi connectivity index (χ3n) is 3.45. The Morgan fingerprint density at radius 2 is 2.08 bits per heavy atom. The van der Waals surface area contributed by atoms with Gasteiger partial charge in [-0.2, -0.15) is 0 Å². The number of primary amides is 1. The van der Waals surface area contributed by atoms with E-state index in [-0.39, 0.29) is 23.2 Å². The van der Waals surface area contributed by atoms with E-state index in [0.717, 1.165) is 11.6 Å². The molecule has 0 spiro atoms. The molecule has 0 aliphatic carbocycles. The van der Waals surface area contributed by atoms with E-state index in [1.807, 2.05) is 27.0 Å². The molecular formula is C16H21FN6O. The van der Waals surface area contributed by atoms with Crippen LogP contribution in [-0.2, 0) is 0 Å². The Morgan fingerprint density at radius 1 is 1.33 bits per heavy atom. The van der Waals surface area contributed by atoms with Crippen LogP contribution in [0.3, 0.4) is 0 Å². The summed E-state index contributed by atoms with van der Waals surface area (Å²) in [5.41, 5.74) is 6.87. The molecule has 2 rings (SSSR count). The Bertz CT molecular complexity index is 737. The summed E-state index contributed by atoms with van der Waals surface area (Å²) in [6.45, 7) is 4.30. The van der Waals surface area contributed by atoms with Crippen LogP contribution >= 0.6 is 0 Å². The molecule has 2 aromatic rings. The van der Waals surface area contributed by atoms with Crippen LogP contribution in [0.2, 0.25) is 0 Å². The maximum absolute atomic E-state index is 14.2. The molecule has 0 aromatic carbocycles. The number of pyridine rings is 2. The molecule has 24 heavy (non-hydrogen) atoms. The largest absolute Gasteiger partial charge is 0.366 e. The van der Waals surface area contributed by atoms with Crippen molar-refractivity contribution in [1.82, 2.24) is 15.3 Å². The number of likely N-dealkylation sites (N-methyl/N-ethyl adjacent to an activating group) is 1. The smallest absolute Gasteiger partial charge is 0.252 e. The van der Waals surface area contributed by atoms with Gasteiger partial charge in [0.1, 0.15) is 5.82 Å². The van der Waals surface area contributed by atoms with E-state index in [1.54, 1.807) is 12.4 Å². The quantitative estimate of drug-likeness (QED) is 0.616. The van der Waals surface area contributed by atoms with Gasteiger partial charge in [0.25, 0.3) is 5.91 Å². The lowest BCUT2D eigenvalue weighted by Gasteiger charge is -2.15. The number of rotatable bonds is 7. The van der Waals surface area contributed by atoms with Gasteiger partial charge >= 0.3 is 0 Å². The zero-order valence-electron chi connectivity index (χ0n) is 13.9. The fourth-order valence-corrected chi connectivity index (χ4v) is 2.01. The first-order chi connectivity index (χ1) is 11.4. The van der Waals surface area contributed by atoms with Crippen LogP contribution in [0.4, 0.5) is 21.7 Å². The van der Waals surface area contributed by atoms with E-state index < -0.39 is 11.7 Å². The van der Waals surface area contributed by atoms with Gasteiger partial charge in [0.15, 0.2) is 11.6 Å². The minimum absolute atomic E-state index is 0.0266. The van der Waals surface area contributed by atoms with E-state index >= 15 is 0 Å². The molecule has 0 aliphatic heterocycles. The molecule has 1 atom stereocenters. The molecule has 7 nitrogen and oxygen atoms in total. The van der Waals surface area contributed by atoms with Gasteiger partial charge in [0.05, 0.1) is 17.4 Å². The number of anilines is 3. The molecule has 5 N–H and O–H groups in total. The summed E-state index contributed by atoms with van der Waals surface area (Å²) in [7, 11) is 1.81. The van der Waals surface area contributed by atoms with Crippen molar-refractivity contribution < 1.29 is 9.18 Å². The molecule has 8 heteroatoms. The second kappa shape index (κ2) is 7.69. The first kappa shape index (κ1) is 17.6. The number of nitrogens with zero attached hydrogens (tertiary/aromatic N) is 2. The third kappa shape index (κ3) is 4.39. The van der Waals surface area contributed by atoms with Gasteiger partial charge in [0.2, 0.25) is 0 Å². The number of carbonyl (C=O) groups is 1. The summed E-state index contributed by atoms with van der Waals surface area (Å²) in [6.07, 6.45) is 3.28. The summed E-state index contributed by atoms with van der Waals surface area (Å²) in [5.74, 6) is -1.18. The summed E-state index contributed by atoms with van der Waals surface area (Å²) >= 11 is 0. The highest BCUT2D eigenvalue weighted by atomic mass is 19.1. The average Bonchev–Trinajstić information content (AvgIpc) is 2.54. The van der Waals surface area contributed by atoms with Gasteiger partial charge in [-0.3, -0.25) is 9.78 Å². The number of halogens is 1. The molecule has 0 aliphatic rings. The first-order valence-corrected chi connectivity index (χ1v) is 7.51. The fraction of sp³-hybridized carbons (Fsp3) is 0.312. The SMILES string of the molecule is CNC(C)CNc1nc(Nc2cncc(C)c2)c(C(N)=O)cc1F. The highest BCUT2D eigenvalue weighted by Crippen LogP contribution is 2.23.